The van der Waals surface area contributed by atoms with E-state index in [0.29, 0.717) is 11.4 Å². The monoisotopic (exact) mass is 319 g/mol. The van der Waals surface area contributed by atoms with E-state index in [1.165, 1.54) is 24.2 Å². The minimum atomic E-state index is -0.975. The second-order valence-corrected chi connectivity index (χ2v) is 5.70. The molecule has 0 aliphatic heterocycles. The lowest BCUT2D eigenvalue weighted by atomic mass is 10.2. The van der Waals surface area contributed by atoms with E-state index < -0.39 is 23.1 Å². The number of aromatic amines is 1. The van der Waals surface area contributed by atoms with Crippen LogP contribution < -0.4 is 5.56 Å². The van der Waals surface area contributed by atoms with Gasteiger partial charge in [0.25, 0.3) is 11.5 Å². The number of halogens is 2. The third-order valence-electron chi connectivity index (χ3n) is 3.76. The Morgan fingerprint density at radius 3 is 2.70 bits per heavy atom. The Kier molecular flexibility index (Phi) is 3.94. The Morgan fingerprint density at radius 2 is 2.09 bits per heavy atom. The SMILES string of the molecule is CN(Cc1ccc(F)c(F)c1)C(=O)c1cnc(C2CC2)[nH]c1=O. The van der Waals surface area contributed by atoms with Gasteiger partial charge in [-0.05, 0) is 30.5 Å². The molecule has 1 aliphatic carbocycles. The molecule has 1 aromatic heterocycles. The van der Waals surface area contributed by atoms with E-state index in [1.54, 1.807) is 0 Å². The van der Waals surface area contributed by atoms with Gasteiger partial charge in [0.05, 0.1) is 0 Å². The molecule has 1 N–H and O–H groups in total. The van der Waals surface area contributed by atoms with Gasteiger partial charge in [-0.1, -0.05) is 6.07 Å². The van der Waals surface area contributed by atoms with Gasteiger partial charge in [0.1, 0.15) is 11.4 Å². The largest absolute Gasteiger partial charge is 0.337 e. The van der Waals surface area contributed by atoms with Crippen LogP contribution in [0.3, 0.4) is 0 Å². The molecule has 1 heterocycles. The van der Waals surface area contributed by atoms with Gasteiger partial charge in [-0.2, -0.15) is 0 Å². The maximum absolute atomic E-state index is 13.2. The number of nitrogens with zero attached hydrogens (tertiary/aromatic N) is 2. The maximum Gasteiger partial charge on any atom is 0.263 e. The molecule has 1 saturated carbocycles. The van der Waals surface area contributed by atoms with Crippen LogP contribution in [0.5, 0.6) is 0 Å². The summed E-state index contributed by atoms with van der Waals surface area (Å²) in [6, 6.07) is 3.42. The number of hydrogen-bond acceptors (Lipinski definition) is 3. The zero-order valence-electron chi connectivity index (χ0n) is 12.5. The number of carbonyl (C=O) groups excluding carboxylic acids is 1. The van der Waals surface area contributed by atoms with Gasteiger partial charge in [0, 0.05) is 25.7 Å². The first-order chi connectivity index (χ1) is 11.0. The first kappa shape index (κ1) is 15.3. The predicted octanol–water partition coefficient (Wildman–Crippen LogP) is 2.20. The lowest BCUT2D eigenvalue weighted by Gasteiger charge is -2.17. The van der Waals surface area contributed by atoms with Gasteiger partial charge in [-0.25, -0.2) is 13.8 Å². The van der Waals surface area contributed by atoms with Crippen molar-refractivity contribution >= 4 is 5.91 Å². The van der Waals surface area contributed by atoms with Crippen LogP contribution in [0.4, 0.5) is 8.78 Å². The van der Waals surface area contributed by atoms with Crippen molar-refractivity contribution in [1.82, 2.24) is 14.9 Å². The molecule has 2 aromatic rings. The van der Waals surface area contributed by atoms with Gasteiger partial charge in [-0.3, -0.25) is 9.59 Å². The quantitative estimate of drug-likeness (QED) is 0.939. The number of hydrogen-bond donors (Lipinski definition) is 1. The molecule has 0 atom stereocenters. The van der Waals surface area contributed by atoms with Gasteiger partial charge >= 0.3 is 0 Å². The van der Waals surface area contributed by atoms with Crippen molar-refractivity contribution in [2.45, 2.75) is 25.3 Å². The summed E-state index contributed by atoms with van der Waals surface area (Å²) in [5.74, 6) is -1.55. The van der Waals surface area contributed by atoms with E-state index in [1.807, 2.05) is 0 Å². The van der Waals surface area contributed by atoms with Crippen LogP contribution in [0.1, 0.15) is 40.5 Å². The van der Waals surface area contributed by atoms with Crippen molar-refractivity contribution in [2.75, 3.05) is 7.05 Å². The Hall–Kier alpha value is -2.57. The summed E-state index contributed by atoms with van der Waals surface area (Å²) >= 11 is 0. The number of rotatable bonds is 4. The normalized spacial score (nSPS) is 13.9. The molecule has 1 aliphatic rings. The zero-order valence-corrected chi connectivity index (χ0v) is 12.5. The Labute approximate surface area is 131 Å². The van der Waals surface area contributed by atoms with E-state index in [-0.39, 0.29) is 18.0 Å². The van der Waals surface area contributed by atoms with E-state index in [4.69, 9.17) is 0 Å². The lowest BCUT2D eigenvalue weighted by Crippen LogP contribution is -2.32. The highest BCUT2D eigenvalue weighted by Gasteiger charge is 2.27. The Bertz CT molecular complexity index is 815. The molecule has 5 nitrogen and oxygen atoms in total. The fourth-order valence-electron chi connectivity index (χ4n) is 2.31. The molecule has 0 spiro atoms. The van der Waals surface area contributed by atoms with E-state index in [0.717, 1.165) is 25.0 Å². The van der Waals surface area contributed by atoms with E-state index in [2.05, 4.69) is 9.97 Å². The summed E-state index contributed by atoms with van der Waals surface area (Å²) in [6.07, 6.45) is 3.26. The van der Waals surface area contributed by atoms with Gasteiger partial charge in [0.15, 0.2) is 11.6 Å². The first-order valence-corrected chi connectivity index (χ1v) is 7.24. The third kappa shape index (κ3) is 3.28. The molecule has 7 heteroatoms. The molecular formula is C16H15F2N3O2. The lowest BCUT2D eigenvalue weighted by molar-refractivity contribution is 0.0782. The fraction of sp³-hybridized carbons (Fsp3) is 0.312. The fourth-order valence-corrected chi connectivity index (χ4v) is 2.31. The minimum Gasteiger partial charge on any atom is -0.337 e. The summed E-state index contributed by atoms with van der Waals surface area (Å²) in [4.78, 5) is 32.3. The van der Waals surface area contributed by atoms with Crippen molar-refractivity contribution < 1.29 is 13.6 Å². The van der Waals surface area contributed by atoms with Crippen LogP contribution in [0.2, 0.25) is 0 Å². The highest BCUT2D eigenvalue weighted by Crippen LogP contribution is 2.37. The van der Waals surface area contributed by atoms with Gasteiger partial charge in [-0.15, -0.1) is 0 Å². The molecule has 0 saturated heterocycles. The maximum atomic E-state index is 13.2. The number of amides is 1. The smallest absolute Gasteiger partial charge is 0.263 e. The van der Waals surface area contributed by atoms with Crippen LogP contribution >= 0.6 is 0 Å². The number of H-pyrrole nitrogens is 1. The van der Waals surface area contributed by atoms with Crippen molar-refractivity contribution in [2.24, 2.45) is 0 Å². The second kappa shape index (κ2) is 5.91. The molecule has 23 heavy (non-hydrogen) atoms. The number of nitrogens with one attached hydrogen (secondary N) is 1. The van der Waals surface area contributed by atoms with Crippen molar-refractivity contribution in [3.8, 4) is 0 Å². The van der Waals surface area contributed by atoms with Crippen molar-refractivity contribution in [3.05, 3.63) is 63.3 Å². The number of carbonyl (C=O) groups is 1. The standard InChI is InChI=1S/C16H15F2N3O2/c1-21(8-9-2-5-12(17)13(18)6-9)16(23)11-7-19-14(10-3-4-10)20-15(11)22/h2,5-7,10H,3-4,8H2,1H3,(H,19,20,22). The van der Waals surface area contributed by atoms with Crippen molar-refractivity contribution in [1.29, 1.82) is 0 Å². The summed E-state index contributed by atoms with van der Waals surface area (Å²) in [5, 5.41) is 0. The third-order valence-corrected chi connectivity index (χ3v) is 3.76. The highest BCUT2D eigenvalue weighted by molar-refractivity contribution is 5.93. The molecule has 1 amide bonds. The van der Waals surface area contributed by atoms with E-state index in [9.17, 15) is 18.4 Å². The Balaban J connectivity index is 1.76. The molecule has 0 radical (unpaired) electrons. The molecular weight excluding hydrogens is 304 g/mol. The average Bonchev–Trinajstić information content (AvgIpc) is 3.35. The van der Waals surface area contributed by atoms with Crippen LogP contribution in [0.15, 0.2) is 29.2 Å². The van der Waals surface area contributed by atoms with Gasteiger partial charge in [0.2, 0.25) is 0 Å². The van der Waals surface area contributed by atoms with E-state index >= 15 is 0 Å². The van der Waals surface area contributed by atoms with Crippen LogP contribution in [-0.4, -0.2) is 27.8 Å². The summed E-state index contributed by atoms with van der Waals surface area (Å²) in [7, 11) is 1.48. The molecule has 1 aromatic carbocycles. The summed E-state index contributed by atoms with van der Waals surface area (Å²) < 4.78 is 26.1. The molecule has 120 valence electrons. The van der Waals surface area contributed by atoms with Crippen LogP contribution in [-0.2, 0) is 6.54 Å². The molecule has 0 bridgehead atoms. The zero-order chi connectivity index (χ0) is 16.6. The molecule has 1 fully saturated rings. The summed E-state index contributed by atoms with van der Waals surface area (Å²) in [5.41, 5.74) is -0.123. The second-order valence-electron chi connectivity index (χ2n) is 5.70. The number of aromatic nitrogens is 2. The van der Waals surface area contributed by atoms with Crippen LogP contribution in [0.25, 0.3) is 0 Å². The Morgan fingerprint density at radius 1 is 1.35 bits per heavy atom. The van der Waals surface area contributed by atoms with Crippen molar-refractivity contribution in [3.63, 3.8) is 0 Å². The number of benzene rings is 1. The predicted molar refractivity (Wildman–Crippen MR) is 79.0 cm³/mol. The molecule has 3 rings (SSSR count). The van der Waals surface area contributed by atoms with Crippen LogP contribution in [0, 0.1) is 11.6 Å². The highest BCUT2D eigenvalue weighted by atomic mass is 19.2. The minimum absolute atomic E-state index is 0.0554. The first-order valence-electron chi connectivity index (χ1n) is 7.24. The topological polar surface area (TPSA) is 66.1 Å². The summed E-state index contributed by atoms with van der Waals surface area (Å²) in [6.45, 7) is 0.0554. The van der Waals surface area contributed by atoms with Gasteiger partial charge < -0.3 is 9.88 Å². The average molecular weight is 319 g/mol. The molecule has 0 unspecified atom stereocenters.